The highest BCUT2D eigenvalue weighted by Crippen LogP contribution is 2.35. The van der Waals surface area contributed by atoms with Crippen molar-refractivity contribution in [3.63, 3.8) is 0 Å². The van der Waals surface area contributed by atoms with Crippen LogP contribution in [0.5, 0.6) is 5.75 Å². The summed E-state index contributed by atoms with van der Waals surface area (Å²) in [4.78, 5) is 0. The standard InChI is InChI=1S/C14H15FINO/c15-12-6-5-11(14(17-16)10-3-4-10)7-13(12)18-8-9-1-2-9/h5-7,9-10H,1-4,8H2. The van der Waals surface area contributed by atoms with Crippen molar-refractivity contribution < 1.29 is 9.13 Å². The summed E-state index contributed by atoms with van der Waals surface area (Å²) in [5, 5.41) is 0. The molecule has 4 heteroatoms. The minimum Gasteiger partial charge on any atom is -0.490 e. The van der Waals surface area contributed by atoms with E-state index >= 15 is 0 Å². The van der Waals surface area contributed by atoms with Gasteiger partial charge >= 0.3 is 0 Å². The lowest BCUT2D eigenvalue weighted by atomic mass is 10.1. The van der Waals surface area contributed by atoms with Gasteiger partial charge in [0.2, 0.25) is 0 Å². The van der Waals surface area contributed by atoms with Gasteiger partial charge < -0.3 is 4.74 Å². The Kier molecular flexibility index (Phi) is 3.54. The van der Waals surface area contributed by atoms with Crippen LogP contribution in [0.3, 0.4) is 0 Å². The highest BCUT2D eigenvalue weighted by Gasteiger charge is 2.29. The normalized spacial score (nSPS) is 20.0. The molecule has 2 saturated carbocycles. The molecule has 18 heavy (non-hydrogen) atoms. The van der Waals surface area contributed by atoms with Crippen molar-refractivity contribution in [2.45, 2.75) is 25.7 Å². The van der Waals surface area contributed by atoms with Gasteiger partial charge in [0.25, 0.3) is 0 Å². The van der Waals surface area contributed by atoms with Gasteiger partial charge in [0.15, 0.2) is 11.6 Å². The second kappa shape index (κ2) is 5.15. The summed E-state index contributed by atoms with van der Waals surface area (Å²) < 4.78 is 23.5. The first-order chi connectivity index (χ1) is 8.78. The van der Waals surface area contributed by atoms with Gasteiger partial charge in [-0.3, -0.25) is 0 Å². The van der Waals surface area contributed by atoms with Crippen LogP contribution >= 0.6 is 22.9 Å². The number of halogens is 2. The molecule has 0 radical (unpaired) electrons. The lowest BCUT2D eigenvalue weighted by Crippen LogP contribution is -2.05. The summed E-state index contributed by atoms with van der Waals surface area (Å²) in [6.45, 7) is 0.639. The third-order valence-corrected chi connectivity index (χ3v) is 3.97. The molecule has 0 amide bonds. The smallest absolute Gasteiger partial charge is 0.165 e. The quantitative estimate of drug-likeness (QED) is 0.571. The van der Waals surface area contributed by atoms with Crippen molar-refractivity contribution in [2.24, 2.45) is 15.0 Å². The Bertz CT molecular complexity index is 481. The van der Waals surface area contributed by atoms with Gasteiger partial charge in [-0.25, -0.2) is 7.60 Å². The first-order valence-electron chi connectivity index (χ1n) is 6.39. The Hall–Kier alpha value is -0.650. The average molecular weight is 359 g/mol. The first-order valence-corrected chi connectivity index (χ1v) is 7.36. The SMILES string of the molecule is Fc1ccc(C(=NI)C2CC2)cc1OCC1CC1. The number of hydrogen-bond acceptors (Lipinski definition) is 2. The van der Waals surface area contributed by atoms with Crippen molar-refractivity contribution in [3.8, 4) is 5.75 Å². The number of rotatable bonds is 5. The second-order valence-corrected chi connectivity index (χ2v) is 5.63. The molecule has 1 aromatic rings. The van der Waals surface area contributed by atoms with Crippen LogP contribution in [-0.2, 0) is 0 Å². The molecule has 0 spiro atoms. The van der Waals surface area contributed by atoms with Gasteiger partial charge in [0.05, 0.1) is 35.2 Å². The zero-order valence-corrected chi connectivity index (χ0v) is 12.2. The monoisotopic (exact) mass is 359 g/mol. The van der Waals surface area contributed by atoms with E-state index in [0.717, 1.165) is 11.3 Å². The van der Waals surface area contributed by atoms with Gasteiger partial charge in [-0.15, -0.1) is 0 Å². The van der Waals surface area contributed by atoms with Gasteiger partial charge in [0, 0.05) is 11.5 Å². The number of benzene rings is 1. The topological polar surface area (TPSA) is 21.6 Å². The Balaban J connectivity index is 1.79. The third kappa shape index (κ3) is 2.84. The van der Waals surface area contributed by atoms with Gasteiger partial charge in [0.1, 0.15) is 0 Å². The zero-order valence-electron chi connectivity index (χ0n) is 10.0. The van der Waals surface area contributed by atoms with Crippen molar-refractivity contribution >= 4 is 28.6 Å². The van der Waals surface area contributed by atoms with Gasteiger partial charge in [-0.2, -0.15) is 0 Å². The summed E-state index contributed by atoms with van der Waals surface area (Å²) in [6.07, 6.45) is 4.81. The van der Waals surface area contributed by atoms with Crippen LogP contribution in [0, 0.1) is 17.7 Å². The zero-order chi connectivity index (χ0) is 12.5. The van der Waals surface area contributed by atoms with E-state index in [1.165, 1.54) is 31.7 Å². The molecule has 0 unspecified atom stereocenters. The molecular formula is C14H15FINO. The molecule has 1 aromatic carbocycles. The Labute approximate surface area is 120 Å². The maximum absolute atomic E-state index is 13.7. The third-order valence-electron chi connectivity index (χ3n) is 3.45. The number of nitrogens with zero attached hydrogens (tertiary/aromatic N) is 1. The summed E-state index contributed by atoms with van der Waals surface area (Å²) in [6, 6.07) is 5.09. The van der Waals surface area contributed by atoms with E-state index in [1.54, 1.807) is 12.1 Å². The summed E-state index contributed by atoms with van der Waals surface area (Å²) in [5.41, 5.74) is 2.07. The van der Waals surface area contributed by atoms with E-state index in [9.17, 15) is 4.39 Å². The Morgan fingerprint density at radius 3 is 2.72 bits per heavy atom. The molecule has 2 aliphatic rings. The number of ether oxygens (including phenoxy) is 1. The predicted molar refractivity (Wildman–Crippen MR) is 77.9 cm³/mol. The van der Waals surface area contributed by atoms with E-state index in [1.807, 2.05) is 22.9 Å². The van der Waals surface area contributed by atoms with E-state index in [-0.39, 0.29) is 5.82 Å². The first kappa shape index (κ1) is 12.4. The van der Waals surface area contributed by atoms with Crippen LogP contribution in [-0.4, -0.2) is 12.3 Å². The molecule has 2 nitrogen and oxygen atoms in total. The maximum Gasteiger partial charge on any atom is 0.165 e. The molecule has 0 saturated heterocycles. The molecule has 96 valence electrons. The molecular weight excluding hydrogens is 344 g/mol. The largest absolute Gasteiger partial charge is 0.490 e. The summed E-state index contributed by atoms with van der Waals surface area (Å²) in [7, 11) is 0. The molecule has 0 heterocycles. The molecule has 0 aliphatic heterocycles. The molecule has 2 aliphatic carbocycles. The van der Waals surface area contributed by atoms with Crippen molar-refractivity contribution in [2.75, 3.05) is 6.61 Å². The predicted octanol–water partition coefficient (Wildman–Crippen LogP) is 4.16. The number of hydrogen-bond donors (Lipinski definition) is 0. The maximum atomic E-state index is 13.7. The van der Waals surface area contributed by atoms with Crippen molar-refractivity contribution in [3.05, 3.63) is 29.6 Å². The fourth-order valence-electron chi connectivity index (χ4n) is 1.98. The molecule has 2 fully saturated rings. The van der Waals surface area contributed by atoms with E-state index in [0.29, 0.717) is 24.2 Å². The second-order valence-electron chi connectivity index (χ2n) is 5.14. The highest BCUT2D eigenvalue weighted by atomic mass is 127. The van der Waals surface area contributed by atoms with Crippen LogP contribution in [0.4, 0.5) is 4.39 Å². The molecule has 0 atom stereocenters. The average Bonchev–Trinajstić information content (AvgIpc) is 3.24. The summed E-state index contributed by atoms with van der Waals surface area (Å²) in [5.74, 6) is 1.29. The fourth-order valence-corrected chi connectivity index (χ4v) is 2.65. The molecule has 0 bridgehead atoms. The molecule has 0 aromatic heterocycles. The van der Waals surface area contributed by atoms with E-state index in [4.69, 9.17) is 4.74 Å². The molecule has 0 N–H and O–H groups in total. The van der Waals surface area contributed by atoms with Gasteiger partial charge in [-0.1, -0.05) is 0 Å². The van der Waals surface area contributed by atoms with E-state index < -0.39 is 0 Å². The fraction of sp³-hybridized carbons (Fsp3) is 0.500. The summed E-state index contributed by atoms with van der Waals surface area (Å²) >= 11 is 2.02. The lowest BCUT2D eigenvalue weighted by Gasteiger charge is -2.09. The highest BCUT2D eigenvalue weighted by molar-refractivity contribution is 14.1. The van der Waals surface area contributed by atoms with Crippen LogP contribution in [0.25, 0.3) is 0 Å². The van der Waals surface area contributed by atoms with Crippen molar-refractivity contribution in [1.82, 2.24) is 0 Å². The van der Waals surface area contributed by atoms with Crippen molar-refractivity contribution in [1.29, 1.82) is 0 Å². The minimum absolute atomic E-state index is 0.275. The lowest BCUT2D eigenvalue weighted by molar-refractivity contribution is 0.285. The van der Waals surface area contributed by atoms with Crippen LogP contribution in [0.1, 0.15) is 31.2 Å². The Morgan fingerprint density at radius 2 is 2.11 bits per heavy atom. The van der Waals surface area contributed by atoms with Crippen LogP contribution in [0.2, 0.25) is 0 Å². The Morgan fingerprint density at radius 1 is 1.33 bits per heavy atom. The molecule has 3 rings (SSSR count). The van der Waals surface area contributed by atoms with Crippen LogP contribution in [0.15, 0.2) is 21.4 Å². The van der Waals surface area contributed by atoms with E-state index in [2.05, 4.69) is 3.21 Å². The van der Waals surface area contributed by atoms with Crippen LogP contribution < -0.4 is 4.74 Å². The minimum atomic E-state index is -0.275. The van der Waals surface area contributed by atoms with Gasteiger partial charge in [-0.05, 0) is 49.8 Å².